The number of nitrogens with one attached hydrogen (secondary N) is 1. The van der Waals surface area contributed by atoms with Gasteiger partial charge >= 0.3 is 0 Å². The van der Waals surface area contributed by atoms with Crippen molar-refractivity contribution in [1.29, 1.82) is 0 Å². The van der Waals surface area contributed by atoms with Crippen LogP contribution in [-0.4, -0.2) is 36.3 Å². The molecule has 0 radical (unpaired) electrons. The number of nitrogens with zero attached hydrogens (tertiary/aromatic N) is 3. The Kier molecular flexibility index (Phi) is 4.45. The Hall–Kier alpha value is -2.58. The maximum Gasteiger partial charge on any atom is 0.225 e. The lowest BCUT2D eigenvalue weighted by Crippen LogP contribution is -2.28. The van der Waals surface area contributed by atoms with Gasteiger partial charge < -0.3 is 20.5 Å². The van der Waals surface area contributed by atoms with E-state index in [1.54, 1.807) is 13.3 Å². The number of ether oxygens (including phenoxy) is 2. The van der Waals surface area contributed by atoms with Gasteiger partial charge in [0.1, 0.15) is 5.75 Å². The van der Waals surface area contributed by atoms with E-state index in [1.807, 2.05) is 24.3 Å². The second-order valence-corrected chi connectivity index (χ2v) is 5.25. The second kappa shape index (κ2) is 6.67. The Morgan fingerprint density at radius 2 is 2.13 bits per heavy atom. The van der Waals surface area contributed by atoms with Crippen LogP contribution >= 0.6 is 0 Å². The van der Waals surface area contributed by atoms with Crippen molar-refractivity contribution in [3.63, 3.8) is 0 Å². The third kappa shape index (κ3) is 3.43. The molecule has 0 spiro atoms. The van der Waals surface area contributed by atoms with Gasteiger partial charge in [0, 0.05) is 6.61 Å². The fourth-order valence-corrected chi connectivity index (χ4v) is 2.34. The Balaban J connectivity index is 1.81. The number of benzene rings is 1. The molecule has 8 heteroatoms. The first-order valence-electron chi connectivity index (χ1n) is 7.33. The fourth-order valence-electron chi connectivity index (χ4n) is 2.34. The number of aromatic nitrogens is 2. The van der Waals surface area contributed by atoms with Crippen molar-refractivity contribution in [2.75, 3.05) is 36.4 Å². The lowest BCUT2D eigenvalue weighted by atomic mass is 10.3. The van der Waals surface area contributed by atoms with Crippen LogP contribution in [0.3, 0.4) is 0 Å². The summed E-state index contributed by atoms with van der Waals surface area (Å²) in [6.45, 7) is 1.39. The van der Waals surface area contributed by atoms with Crippen LogP contribution in [0.5, 0.6) is 5.75 Å². The zero-order valence-corrected chi connectivity index (χ0v) is 12.9. The maximum atomic E-state index is 6.16. The number of anilines is 4. The van der Waals surface area contributed by atoms with Gasteiger partial charge in [0.25, 0.3) is 0 Å². The minimum Gasteiger partial charge on any atom is -0.497 e. The van der Waals surface area contributed by atoms with Crippen LogP contribution in [0.25, 0.3) is 0 Å². The fraction of sp³-hybridized carbons (Fsp3) is 0.333. The van der Waals surface area contributed by atoms with E-state index in [0.29, 0.717) is 24.1 Å². The van der Waals surface area contributed by atoms with Crippen molar-refractivity contribution in [3.8, 4) is 5.75 Å². The molecule has 0 aliphatic carbocycles. The number of hydrogen-bond donors (Lipinski definition) is 3. The predicted octanol–water partition coefficient (Wildman–Crippen LogP) is 1.28. The largest absolute Gasteiger partial charge is 0.497 e. The molecule has 1 atom stereocenters. The normalized spacial score (nSPS) is 17.0. The highest BCUT2D eigenvalue weighted by molar-refractivity contribution is 5.70. The number of nitrogens with two attached hydrogens (primary N) is 2. The summed E-state index contributed by atoms with van der Waals surface area (Å²) in [5.41, 5.74) is 7.11. The smallest absolute Gasteiger partial charge is 0.225 e. The third-order valence-electron chi connectivity index (χ3n) is 3.64. The van der Waals surface area contributed by atoms with Crippen LogP contribution in [0.4, 0.5) is 23.1 Å². The van der Waals surface area contributed by atoms with Gasteiger partial charge in [-0.1, -0.05) is 0 Å². The summed E-state index contributed by atoms with van der Waals surface area (Å²) in [7, 11) is 1.61. The first kappa shape index (κ1) is 15.3. The van der Waals surface area contributed by atoms with Gasteiger partial charge in [0.05, 0.1) is 37.3 Å². The molecular weight excluding hydrogens is 296 g/mol. The molecule has 1 aliphatic rings. The van der Waals surface area contributed by atoms with Gasteiger partial charge in [-0.05, 0) is 30.7 Å². The van der Waals surface area contributed by atoms with Crippen LogP contribution in [-0.2, 0) is 4.74 Å². The van der Waals surface area contributed by atoms with E-state index in [4.69, 9.17) is 21.1 Å². The van der Waals surface area contributed by atoms with Crippen molar-refractivity contribution in [2.45, 2.75) is 12.5 Å². The molecule has 1 aromatic heterocycles. The monoisotopic (exact) mass is 316 g/mol. The highest BCUT2D eigenvalue weighted by Crippen LogP contribution is 2.27. The minimum absolute atomic E-state index is 0.207. The molecule has 3 rings (SSSR count). The maximum absolute atomic E-state index is 6.16. The zero-order valence-electron chi connectivity index (χ0n) is 12.9. The molecule has 0 bridgehead atoms. The molecule has 0 amide bonds. The molecule has 1 aliphatic heterocycles. The molecule has 5 N–H and O–H groups in total. The van der Waals surface area contributed by atoms with E-state index in [-0.39, 0.29) is 6.04 Å². The molecule has 2 heterocycles. The summed E-state index contributed by atoms with van der Waals surface area (Å²) in [4.78, 5) is 8.62. The lowest BCUT2D eigenvalue weighted by Gasteiger charge is -2.20. The van der Waals surface area contributed by atoms with Gasteiger partial charge in [-0.3, -0.25) is 5.01 Å². The Morgan fingerprint density at radius 3 is 2.78 bits per heavy atom. The quantitative estimate of drug-likeness (QED) is 0.559. The topological polar surface area (TPSA) is 112 Å². The highest BCUT2D eigenvalue weighted by atomic mass is 16.5. The van der Waals surface area contributed by atoms with Gasteiger partial charge in [0.2, 0.25) is 5.95 Å². The minimum atomic E-state index is 0.207. The average Bonchev–Trinajstić information content (AvgIpc) is 3.09. The second-order valence-electron chi connectivity index (χ2n) is 5.25. The van der Waals surface area contributed by atoms with Gasteiger partial charge in [-0.25, -0.2) is 10.8 Å². The summed E-state index contributed by atoms with van der Waals surface area (Å²) in [6, 6.07) is 7.51. The summed E-state index contributed by atoms with van der Waals surface area (Å²) in [5, 5.41) is 4.65. The van der Waals surface area contributed by atoms with E-state index < -0.39 is 0 Å². The van der Waals surface area contributed by atoms with Crippen molar-refractivity contribution in [2.24, 2.45) is 5.84 Å². The molecule has 1 fully saturated rings. The summed E-state index contributed by atoms with van der Waals surface area (Å²) in [5.74, 6) is 7.82. The average molecular weight is 316 g/mol. The summed E-state index contributed by atoms with van der Waals surface area (Å²) < 4.78 is 10.5. The van der Waals surface area contributed by atoms with E-state index in [9.17, 15) is 0 Å². The van der Waals surface area contributed by atoms with Crippen LogP contribution in [0.15, 0.2) is 30.5 Å². The number of hydrogen-bond acceptors (Lipinski definition) is 8. The molecule has 0 saturated carbocycles. The van der Waals surface area contributed by atoms with E-state index in [0.717, 1.165) is 24.5 Å². The third-order valence-corrected chi connectivity index (χ3v) is 3.64. The molecule has 1 saturated heterocycles. The first-order valence-corrected chi connectivity index (χ1v) is 7.33. The van der Waals surface area contributed by atoms with E-state index in [1.165, 1.54) is 5.01 Å². The number of nitrogen functional groups attached to an aromatic ring is 1. The Bertz CT molecular complexity index is 658. The van der Waals surface area contributed by atoms with Crippen LogP contribution < -0.4 is 26.6 Å². The predicted molar refractivity (Wildman–Crippen MR) is 88.6 cm³/mol. The Labute approximate surface area is 134 Å². The standard InChI is InChI=1S/C15H20N6O2/c1-22-12-4-2-11(3-5-12)21(17)14-13(16)8-18-15(20-14)19-10-6-7-23-9-10/h2-5,8,10H,6-7,9,16-17H2,1H3,(H,18,19,20). The number of rotatable bonds is 5. The SMILES string of the molecule is COc1ccc(N(N)c2nc(NC3CCOC3)ncc2N)cc1. The lowest BCUT2D eigenvalue weighted by molar-refractivity contribution is 0.195. The van der Waals surface area contributed by atoms with Crippen molar-refractivity contribution < 1.29 is 9.47 Å². The van der Waals surface area contributed by atoms with E-state index in [2.05, 4.69) is 15.3 Å². The number of methoxy groups -OCH3 is 1. The molecular formula is C15H20N6O2. The van der Waals surface area contributed by atoms with Crippen molar-refractivity contribution in [3.05, 3.63) is 30.5 Å². The van der Waals surface area contributed by atoms with Crippen LogP contribution in [0.1, 0.15) is 6.42 Å². The highest BCUT2D eigenvalue weighted by Gasteiger charge is 2.18. The van der Waals surface area contributed by atoms with Crippen LogP contribution in [0, 0.1) is 0 Å². The van der Waals surface area contributed by atoms with Crippen molar-refractivity contribution in [1.82, 2.24) is 9.97 Å². The van der Waals surface area contributed by atoms with Gasteiger partial charge in [0.15, 0.2) is 5.82 Å². The van der Waals surface area contributed by atoms with E-state index >= 15 is 0 Å². The van der Waals surface area contributed by atoms with Gasteiger partial charge in [-0.2, -0.15) is 4.98 Å². The molecule has 122 valence electrons. The molecule has 1 aromatic carbocycles. The molecule has 1 unspecified atom stereocenters. The summed E-state index contributed by atoms with van der Waals surface area (Å²) in [6.07, 6.45) is 2.47. The summed E-state index contributed by atoms with van der Waals surface area (Å²) >= 11 is 0. The molecule has 23 heavy (non-hydrogen) atoms. The van der Waals surface area contributed by atoms with Gasteiger partial charge in [-0.15, -0.1) is 0 Å². The molecule has 8 nitrogen and oxygen atoms in total. The number of hydrazine groups is 1. The molecule has 2 aromatic rings. The Morgan fingerprint density at radius 1 is 1.35 bits per heavy atom. The first-order chi connectivity index (χ1) is 11.2. The van der Waals surface area contributed by atoms with Crippen LogP contribution in [0.2, 0.25) is 0 Å². The zero-order chi connectivity index (χ0) is 16.2. The van der Waals surface area contributed by atoms with Crippen molar-refractivity contribution >= 4 is 23.1 Å².